The number of fused-ring (bicyclic) bond motifs is 8. The smallest absolute Gasteiger partial charge is 0.145 e. The van der Waals surface area contributed by atoms with Crippen molar-refractivity contribution in [2.24, 2.45) is 0 Å². The van der Waals surface area contributed by atoms with Gasteiger partial charge in [-0.3, -0.25) is 4.57 Å². The number of imidazole rings is 1. The first kappa shape index (κ1) is 33.7. The Bertz CT molecular complexity index is 3260. The van der Waals surface area contributed by atoms with E-state index in [-0.39, 0.29) is 11.6 Å². The summed E-state index contributed by atoms with van der Waals surface area (Å²) in [6.45, 7) is 4.74. The second-order valence-electron chi connectivity index (χ2n) is 16.5. The molecular formula is C54H41N5. The van der Waals surface area contributed by atoms with E-state index in [0.717, 1.165) is 33.8 Å². The Morgan fingerprint density at radius 3 is 1.92 bits per heavy atom. The monoisotopic (exact) mass is 759 g/mol. The van der Waals surface area contributed by atoms with Crippen LogP contribution in [0.2, 0.25) is 0 Å². The van der Waals surface area contributed by atoms with Gasteiger partial charge in [0, 0.05) is 45.9 Å². The molecule has 10 aromatic rings. The maximum Gasteiger partial charge on any atom is 0.145 e. The number of benzene rings is 8. The summed E-state index contributed by atoms with van der Waals surface area (Å²) in [6.07, 6.45) is -0.0187. The van der Waals surface area contributed by atoms with Gasteiger partial charge in [-0.25, -0.2) is 4.98 Å². The quantitative estimate of drug-likeness (QED) is 0.175. The fourth-order valence-corrected chi connectivity index (χ4v) is 10.1. The fourth-order valence-electron chi connectivity index (χ4n) is 10.1. The summed E-state index contributed by atoms with van der Waals surface area (Å²) in [5.41, 5.74) is 17.9. The van der Waals surface area contributed by atoms with Crippen molar-refractivity contribution in [1.82, 2.24) is 14.1 Å². The summed E-state index contributed by atoms with van der Waals surface area (Å²) >= 11 is 0. The molecule has 0 spiro atoms. The van der Waals surface area contributed by atoms with Crippen LogP contribution in [0.3, 0.4) is 0 Å². The van der Waals surface area contributed by atoms with Gasteiger partial charge in [-0.15, -0.1) is 0 Å². The van der Waals surface area contributed by atoms with Crippen LogP contribution in [0.4, 0.5) is 17.1 Å². The first-order chi connectivity index (χ1) is 29.0. The van der Waals surface area contributed by atoms with Crippen molar-refractivity contribution in [1.29, 1.82) is 0 Å². The molecule has 1 unspecified atom stereocenters. The van der Waals surface area contributed by atoms with Gasteiger partial charge in [-0.2, -0.15) is 0 Å². The van der Waals surface area contributed by atoms with E-state index in [0.29, 0.717) is 0 Å². The normalized spacial score (nSPS) is 15.3. The van der Waals surface area contributed by atoms with Gasteiger partial charge < -0.3 is 14.4 Å². The molecule has 0 fully saturated rings. The minimum atomic E-state index is -0.124. The molecule has 0 bridgehead atoms. The minimum absolute atomic E-state index is 0.0187. The molecule has 1 aliphatic heterocycles. The zero-order valence-corrected chi connectivity index (χ0v) is 33.2. The van der Waals surface area contributed by atoms with E-state index in [2.05, 4.69) is 228 Å². The van der Waals surface area contributed by atoms with Gasteiger partial charge >= 0.3 is 0 Å². The van der Waals surface area contributed by atoms with Gasteiger partial charge in [0.05, 0.1) is 33.4 Å². The Hall–Kier alpha value is -7.37. The Labute approximate surface area is 343 Å². The van der Waals surface area contributed by atoms with Crippen LogP contribution < -0.4 is 9.80 Å². The number of rotatable bonds is 5. The predicted octanol–water partition coefficient (Wildman–Crippen LogP) is 13.4. The second kappa shape index (κ2) is 12.6. The number of hydrogen-bond acceptors (Lipinski definition) is 3. The summed E-state index contributed by atoms with van der Waals surface area (Å²) in [5, 5.41) is 2.50. The van der Waals surface area contributed by atoms with Crippen molar-refractivity contribution in [3.63, 3.8) is 0 Å². The van der Waals surface area contributed by atoms with Gasteiger partial charge in [-0.1, -0.05) is 105 Å². The van der Waals surface area contributed by atoms with Gasteiger partial charge in [0.25, 0.3) is 0 Å². The van der Waals surface area contributed by atoms with E-state index < -0.39 is 0 Å². The molecule has 2 aromatic heterocycles. The third kappa shape index (κ3) is 4.88. The summed E-state index contributed by atoms with van der Waals surface area (Å²) in [7, 11) is 2.22. The van der Waals surface area contributed by atoms with E-state index in [1.165, 1.54) is 66.7 Å². The van der Waals surface area contributed by atoms with Gasteiger partial charge in [0.15, 0.2) is 0 Å². The van der Waals surface area contributed by atoms with E-state index >= 15 is 0 Å². The maximum atomic E-state index is 5.17. The van der Waals surface area contributed by atoms with E-state index in [4.69, 9.17) is 4.98 Å². The molecule has 0 N–H and O–H groups in total. The Kier molecular flexibility index (Phi) is 7.18. The summed E-state index contributed by atoms with van der Waals surface area (Å²) in [6, 6.07) is 68.5. The number of anilines is 3. The van der Waals surface area contributed by atoms with Crippen molar-refractivity contribution in [3.8, 4) is 33.9 Å². The highest BCUT2D eigenvalue weighted by Crippen LogP contribution is 2.53. The second-order valence-corrected chi connectivity index (χ2v) is 16.5. The largest absolute Gasteiger partial charge is 0.349 e. The fraction of sp³-hybridized carbons (Fsp3) is 0.0926. The third-order valence-corrected chi connectivity index (χ3v) is 12.9. The van der Waals surface area contributed by atoms with Gasteiger partial charge in [0.2, 0.25) is 0 Å². The molecular weight excluding hydrogens is 719 g/mol. The van der Waals surface area contributed by atoms with Gasteiger partial charge in [0.1, 0.15) is 12.0 Å². The standard InChI is InChI=1S/C54H41N5/c1-54(2)44-21-11-10-20-40(44)41-33-43-42-32-36(53-56(3)49-24-14-15-25-50(49)59(53)38-18-8-5-9-19-38)28-31-47(42)57(51(43)34-45(41)54)39-29-26-35(27-30-39)52-55-46-22-12-13-23-48(46)58(52)37-16-6-4-7-17-37/h4-34,53H,1-3H3. The molecule has 8 aromatic carbocycles. The molecule has 0 saturated carbocycles. The number of aromatic nitrogens is 3. The molecule has 5 nitrogen and oxygen atoms in total. The van der Waals surface area contributed by atoms with E-state index in [1.807, 2.05) is 0 Å². The highest BCUT2D eigenvalue weighted by atomic mass is 15.4. The molecule has 0 saturated heterocycles. The molecule has 2 aliphatic rings. The van der Waals surface area contributed by atoms with Crippen molar-refractivity contribution < 1.29 is 0 Å². The molecule has 0 radical (unpaired) electrons. The van der Waals surface area contributed by atoms with Crippen LogP contribution in [0.5, 0.6) is 0 Å². The summed E-state index contributed by atoms with van der Waals surface area (Å²) in [5.74, 6) is 0.929. The number of hydrogen-bond donors (Lipinski definition) is 0. The van der Waals surface area contributed by atoms with Crippen LogP contribution in [0.15, 0.2) is 188 Å². The molecule has 5 heteroatoms. The summed E-state index contributed by atoms with van der Waals surface area (Å²) in [4.78, 5) is 10.1. The highest BCUT2D eigenvalue weighted by Gasteiger charge is 2.38. The van der Waals surface area contributed by atoms with Crippen molar-refractivity contribution in [3.05, 3.63) is 205 Å². The molecule has 1 atom stereocenters. The first-order valence-electron chi connectivity index (χ1n) is 20.5. The van der Waals surface area contributed by atoms with Crippen molar-refractivity contribution in [2.45, 2.75) is 25.4 Å². The van der Waals surface area contributed by atoms with Crippen molar-refractivity contribution >= 4 is 49.9 Å². The highest BCUT2D eigenvalue weighted by molar-refractivity contribution is 6.12. The maximum absolute atomic E-state index is 5.17. The molecule has 59 heavy (non-hydrogen) atoms. The van der Waals surface area contributed by atoms with E-state index in [9.17, 15) is 0 Å². The lowest BCUT2D eigenvalue weighted by Gasteiger charge is -2.31. The average molecular weight is 760 g/mol. The van der Waals surface area contributed by atoms with Crippen LogP contribution >= 0.6 is 0 Å². The SMILES string of the molecule is CN1c2ccccc2N(c2ccccc2)C1c1ccc2c(c1)c1cc3c(cc1n2-c1ccc(-c2nc4ccccc4n2-c2ccccc2)cc1)C(C)(C)c1ccccc1-3. The number of nitrogens with zero attached hydrogens (tertiary/aromatic N) is 5. The molecule has 0 amide bonds. The van der Waals surface area contributed by atoms with Crippen LogP contribution in [0.1, 0.15) is 36.7 Å². The predicted molar refractivity (Wildman–Crippen MR) is 245 cm³/mol. The zero-order valence-electron chi connectivity index (χ0n) is 33.2. The van der Waals surface area contributed by atoms with Crippen LogP contribution in [0.25, 0.3) is 66.7 Å². The lowest BCUT2D eigenvalue weighted by Crippen LogP contribution is -2.30. The Morgan fingerprint density at radius 2 is 1.12 bits per heavy atom. The lowest BCUT2D eigenvalue weighted by atomic mass is 9.82. The average Bonchev–Trinajstić information content (AvgIpc) is 3.99. The topological polar surface area (TPSA) is 29.2 Å². The Balaban J connectivity index is 1.06. The van der Waals surface area contributed by atoms with Crippen LogP contribution in [-0.4, -0.2) is 21.2 Å². The van der Waals surface area contributed by atoms with Crippen molar-refractivity contribution in [2.75, 3.05) is 16.8 Å². The molecule has 282 valence electrons. The van der Waals surface area contributed by atoms with E-state index in [1.54, 1.807) is 0 Å². The first-order valence-corrected chi connectivity index (χ1v) is 20.5. The van der Waals surface area contributed by atoms with Crippen LogP contribution in [-0.2, 0) is 5.41 Å². The zero-order chi connectivity index (χ0) is 39.4. The summed E-state index contributed by atoms with van der Waals surface area (Å²) < 4.78 is 4.74. The molecule has 1 aliphatic carbocycles. The minimum Gasteiger partial charge on any atom is -0.349 e. The van der Waals surface area contributed by atoms with Crippen LogP contribution in [0, 0.1) is 0 Å². The molecule has 12 rings (SSSR count). The molecule has 3 heterocycles. The number of para-hydroxylation sites is 6. The third-order valence-electron chi connectivity index (χ3n) is 12.9. The Morgan fingerprint density at radius 1 is 0.475 bits per heavy atom. The van der Waals surface area contributed by atoms with Gasteiger partial charge in [-0.05, 0) is 125 Å². The lowest BCUT2D eigenvalue weighted by molar-refractivity contribution is 0.661.